The number of benzene rings is 1. The van der Waals surface area contributed by atoms with Crippen LogP contribution in [0.3, 0.4) is 0 Å². The summed E-state index contributed by atoms with van der Waals surface area (Å²) >= 11 is 0. The molecule has 1 aromatic carbocycles. The summed E-state index contributed by atoms with van der Waals surface area (Å²) in [6.07, 6.45) is 1.95. The molecule has 1 fully saturated rings. The Morgan fingerprint density at radius 3 is 2.13 bits per heavy atom. The van der Waals surface area contributed by atoms with Gasteiger partial charge in [0.05, 0.1) is 0 Å². The molecule has 2 heterocycles. The van der Waals surface area contributed by atoms with Crippen LogP contribution in [-0.4, -0.2) is 19.5 Å². The van der Waals surface area contributed by atoms with Crippen molar-refractivity contribution < 1.29 is 14.2 Å². The minimum Gasteiger partial charge on any atom is -0.451 e. The van der Waals surface area contributed by atoms with Gasteiger partial charge >= 0.3 is 0 Å². The highest BCUT2D eigenvalue weighted by atomic mass is 16.7. The number of fused-ring (bicyclic) bond motifs is 1. The summed E-state index contributed by atoms with van der Waals surface area (Å²) in [5.41, 5.74) is 0. The summed E-state index contributed by atoms with van der Waals surface area (Å²) in [6.45, 7) is 1.65. The SMILES string of the molecule is c1ccc2c(c1)OC(C1CCOCC1)O2. The molecule has 1 aromatic rings. The minimum atomic E-state index is -0.105. The third kappa shape index (κ3) is 1.67. The Labute approximate surface area is 89.0 Å². The maximum atomic E-state index is 5.77. The molecule has 80 valence electrons. The van der Waals surface area contributed by atoms with Gasteiger partial charge in [0.15, 0.2) is 11.5 Å². The maximum absolute atomic E-state index is 5.77. The standard InChI is InChI=1S/C12H14O3/c1-2-4-11-10(3-1)14-12(15-11)9-5-7-13-8-6-9/h1-4,9,12H,5-8H2. The van der Waals surface area contributed by atoms with E-state index in [1.54, 1.807) is 0 Å². The number of hydrogen-bond donors (Lipinski definition) is 0. The summed E-state index contributed by atoms with van der Waals surface area (Å²) in [5, 5.41) is 0. The van der Waals surface area contributed by atoms with Crippen molar-refractivity contribution >= 4 is 0 Å². The van der Waals surface area contributed by atoms with Gasteiger partial charge in [0.2, 0.25) is 6.29 Å². The molecule has 3 heteroatoms. The zero-order chi connectivity index (χ0) is 10.1. The smallest absolute Gasteiger partial charge is 0.244 e. The fourth-order valence-corrected chi connectivity index (χ4v) is 2.10. The second-order valence-corrected chi connectivity index (χ2v) is 4.00. The highest BCUT2D eigenvalue weighted by Crippen LogP contribution is 2.37. The second-order valence-electron chi connectivity index (χ2n) is 4.00. The topological polar surface area (TPSA) is 27.7 Å². The van der Waals surface area contributed by atoms with Crippen molar-refractivity contribution in [2.45, 2.75) is 19.1 Å². The first kappa shape index (κ1) is 9.04. The monoisotopic (exact) mass is 206 g/mol. The van der Waals surface area contributed by atoms with E-state index in [1.165, 1.54) is 0 Å². The summed E-state index contributed by atoms with van der Waals surface area (Å²) in [7, 11) is 0. The quantitative estimate of drug-likeness (QED) is 0.705. The molecule has 0 spiro atoms. The molecule has 0 unspecified atom stereocenters. The third-order valence-corrected chi connectivity index (χ3v) is 2.99. The lowest BCUT2D eigenvalue weighted by molar-refractivity contribution is -0.0514. The van der Waals surface area contributed by atoms with Crippen molar-refractivity contribution in [1.82, 2.24) is 0 Å². The van der Waals surface area contributed by atoms with Crippen molar-refractivity contribution in [2.24, 2.45) is 5.92 Å². The molecule has 2 aliphatic heterocycles. The molecule has 0 aromatic heterocycles. The van der Waals surface area contributed by atoms with Crippen LogP contribution in [0.15, 0.2) is 24.3 Å². The Morgan fingerprint density at radius 1 is 0.933 bits per heavy atom. The molecule has 3 rings (SSSR count). The van der Waals surface area contributed by atoms with E-state index in [2.05, 4.69) is 0 Å². The van der Waals surface area contributed by atoms with Crippen LogP contribution in [0.25, 0.3) is 0 Å². The number of rotatable bonds is 1. The second kappa shape index (κ2) is 3.74. The van der Waals surface area contributed by atoms with E-state index in [0.29, 0.717) is 5.92 Å². The Hall–Kier alpha value is -1.22. The molecule has 0 amide bonds. The van der Waals surface area contributed by atoms with Crippen LogP contribution < -0.4 is 9.47 Å². The van der Waals surface area contributed by atoms with Crippen LogP contribution in [-0.2, 0) is 4.74 Å². The van der Waals surface area contributed by atoms with Crippen LogP contribution in [0, 0.1) is 5.92 Å². The zero-order valence-electron chi connectivity index (χ0n) is 8.52. The molecule has 2 aliphatic rings. The van der Waals surface area contributed by atoms with Crippen molar-refractivity contribution in [3.8, 4) is 11.5 Å². The highest BCUT2D eigenvalue weighted by molar-refractivity contribution is 5.41. The largest absolute Gasteiger partial charge is 0.451 e. The first-order chi connectivity index (χ1) is 7.43. The van der Waals surface area contributed by atoms with Gasteiger partial charge in [0, 0.05) is 19.1 Å². The first-order valence-corrected chi connectivity index (χ1v) is 5.43. The molecule has 0 saturated carbocycles. The van der Waals surface area contributed by atoms with E-state index in [1.807, 2.05) is 24.3 Å². The molecule has 15 heavy (non-hydrogen) atoms. The van der Waals surface area contributed by atoms with Gasteiger partial charge in [0.25, 0.3) is 0 Å². The van der Waals surface area contributed by atoms with Crippen molar-refractivity contribution in [1.29, 1.82) is 0 Å². The molecule has 0 bridgehead atoms. The average molecular weight is 206 g/mol. The van der Waals surface area contributed by atoms with Crippen LogP contribution in [0.5, 0.6) is 11.5 Å². The third-order valence-electron chi connectivity index (χ3n) is 2.99. The fourth-order valence-electron chi connectivity index (χ4n) is 2.10. The zero-order valence-corrected chi connectivity index (χ0v) is 8.52. The Balaban J connectivity index is 1.72. The normalized spacial score (nSPS) is 21.9. The summed E-state index contributed by atoms with van der Waals surface area (Å²) in [6, 6.07) is 7.84. The lowest BCUT2D eigenvalue weighted by Crippen LogP contribution is -2.33. The molecule has 0 aliphatic carbocycles. The molecule has 0 radical (unpaired) electrons. The number of para-hydroxylation sites is 2. The Kier molecular flexibility index (Phi) is 2.25. The van der Waals surface area contributed by atoms with E-state index in [0.717, 1.165) is 37.6 Å². The lowest BCUT2D eigenvalue weighted by Gasteiger charge is -2.25. The van der Waals surface area contributed by atoms with Crippen LogP contribution in [0.1, 0.15) is 12.8 Å². The fraction of sp³-hybridized carbons (Fsp3) is 0.500. The maximum Gasteiger partial charge on any atom is 0.244 e. The van der Waals surface area contributed by atoms with E-state index >= 15 is 0 Å². The van der Waals surface area contributed by atoms with Crippen molar-refractivity contribution in [3.05, 3.63) is 24.3 Å². The Morgan fingerprint density at radius 2 is 1.53 bits per heavy atom. The molecule has 1 saturated heterocycles. The summed E-state index contributed by atoms with van der Waals surface area (Å²) in [4.78, 5) is 0. The highest BCUT2D eigenvalue weighted by Gasteiger charge is 2.32. The van der Waals surface area contributed by atoms with Gasteiger partial charge in [-0.05, 0) is 25.0 Å². The Bertz CT molecular complexity index is 319. The van der Waals surface area contributed by atoms with Gasteiger partial charge in [-0.25, -0.2) is 0 Å². The van der Waals surface area contributed by atoms with Gasteiger partial charge in [-0.2, -0.15) is 0 Å². The predicted molar refractivity (Wildman–Crippen MR) is 55.0 cm³/mol. The molecule has 3 nitrogen and oxygen atoms in total. The van der Waals surface area contributed by atoms with Gasteiger partial charge in [-0.3, -0.25) is 0 Å². The molecule has 0 atom stereocenters. The van der Waals surface area contributed by atoms with Crippen LogP contribution in [0.2, 0.25) is 0 Å². The van der Waals surface area contributed by atoms with Gasteiger partial charge in [-0.15, -0.1) is 0 Å². The van der Waals surface area contributed by atoms with Gasteiger partial charge in [-0.1, -0.05) is 12.1 Å². The van der Waals surface area contributed by atoms with Crippen LogP contribution in [0.4, 0.5) is 0 Å². The van der Waals surface area contributed by atoms with E-state index in [9.17, 15) is 0 Å². The summed E-state index contributed by atoms with van der Waals surface area (Å²) in [5.74, 6) is 2.20. The van der Waals surface area contributed by atoms with Gasteiger partial charge < -0.3 is 14.2 Å². The predicted octanol–water partition coefficient (Wildman–Crippen LogP) is 2.21. The van der Waals surface area contributed by atoms with E-state index in [4.69, 9.17) is 14.2 Å². The van der Waals surface area contributed by atoms with E-state index < -0.39 is 0 Å². The number of ether oxygens (including phenoxy) is 3. The average Bonchev–Trinajstić information content (AvgIpc) is 2.74. The molecular formula is C12H14O3. The first-order valence-electron chi connectivity index (χ1n) is 5.43. The van der Waals surface area contributed by atoms with Crippen molar-refractivity contribution in [3.63, 3.8) is 0 Å². The van der Waals surface area contributed by atoms with E-state index in [-0.39, 0.29) is 6.29 Å². The lowest BCUT2D eigenvalue weighted by atomic mass is 10.00. The minimum absolute atomic E-state index is 0.105. The molecular weight excluding hydrogens is 192 g/mol. The summed E-state index contributed by atoms with van der Waals surface area (Å²) < 4.78 is 16.9. The van der Waals surface area contributed by atoms with Gasteiger partial charge in [0.1, 0.15) is 0 Å². The molecule has 0 N–H and O–H groups in total. The van der Waals surface area contributed by atoms with Crippen LogP contribution >= 0.6 is 0 Å². The number of hydrogen-bond acceptors (Lipinski definition) is 3. The van der Waals surface area contributed by atoms with Crippen molar-refractivity contribution in [2.75, 3.05) is 13.2 Å².